The first kappa shape index (κ1) is 11.2. The molecule has 0 fully saturated rings. The second-order valence-corrected chi connectivity index (χ2v) is 2.93. The van der Waals surface area contributed by atoms with Crippen LogP contribution in [0.5, 0.6) is 0 Å². The lowest BCUT2D eigenvalue weighted by atomic mass is 10.3. The lowest BCUT2D eigenvalue weighted by Gasteiger charge is -2.04. The van der Waals surface area contributed by atoms with Crippen LogP contribution >= 0.6 is 11.6 Å². The number of nitrogens with zero attached hydrogens (tertiary/aromatic N) is 3. The Bertz CT molecular complexity index is 441. The molecule has 0 aliphatic rings. The third kappa shape index (κ3) is 2.54. The summed E-state index contributed by atoms with van der Waals surface area (Å²) in [6.07, 6.45) is 5.02. The normalized spacial score (nSPS) is 9.40. The van der Waals surface area contributed by atoms with E-state index in [0.29, 0.717) is 0 Å². The first-order valence-corrected chi connectivity index (χ1v) is 4.30. The van der Waals surface area contributed by atoms with Crippen LogP contribution in [0.2, 0.25) is 5.28 Å². The SMILES string of the molecule is C#CCNc1nc(Cl)nc(C)c1[N+](=O)[O-]. The molecule has 0 atom stereocenters. The largest absolute Gasteiger partial charge is 0.353 e. The maximum absolute atomic E-state index is 10.7. The van der Waals surface area contributed by atoms with Crippen molar-refractivity contribution in [3.8, 4) is 12.3 Å². The second kappa shape index (κ2) is 4.57. The minimum atomic E-state index is -0.579. The van der Waals surface area contributed by atoms with Crippen LogP contribution in [0.25, 0.3) is 0 Å². The number of anilines is 1. The van der Waals surface area contributed by atoms with E-state index in [2.05, 4.69) is 21.2 Å². The van der Waals surface area contributed by atoms with Crippen LogP contribution < -0.4 is 5.32 Å². The van der Waals surface area contributed by atoms with Crippen molar-refractivity contribution in [2.24, 2.45) is 0 Å². The summed E-state index contributed by atoms with van der Waals surface area (Å²) in [4.78, 5) is 17.5. The van der Waals surface area contributed by atoms with Crippen LogP contribution in [-0.4, -0.2) is 21.4 Å². The molecule has 7 heteroatoms. The lowest BCUT2D eigenvalue weighted by Crippen LogP contribution is -2.07. The van der Waals surface area contributed by atoms with Crippen LogP contribution in [0.1, 0.15) is 5.69 Å². The van der Waals surface area contributed by atoms with Crippen LogP contribution in [0.15, 0.2) is 0 Å². The third-order valence-electron chi connectivity index (χ3n) is 1.57. The zero-order chi connectivity index (χ0) is 11.4. The van der Waals surface area contributed by atoms with Gasteiger partial charge < -0.3 is 5.32 Å². The van der Waals surface area contributed by atoms with Gasteiger partial charge in [0.1, 0.15) is 5.69 Å². The predicted molar refractivity (Wildman–Crippen MR) is 55.8 cm³/mol. The number of nitro groups is 1. The smallest absolute Gasteiger partial charge is 0.332 e. The fourth-order valence-corrected chi connectivity index (χ4v) is 1.22. The summed E-state index contributed by atoms with van der Waals surface area (Å²) < 4.78 is 0. The van der Waals surface area contributed by atoms with E-state index in [1.165, 1.54) is 6.92 Å². The highest BCUT2D eigenvalue weighted by Gasteiger charge is 2.20. The van der Waals surface area contributed by atoms with Crippen LogP contribution in [0, 0.1) is 29.4 Å². The maximum atomic E-state index is 10.7. The van der Waals surface area contributed by atoms with Crippen molar-refractivity contribution in [1.82, 2.24) is 9.97 Å². The first-order chi connectivity index (χ1) is 7.06. The average Bonchev–Trinajstić information content (AvgIpc) is 2.12. The van der Waals surface area contributed by atoms with Crippen molar-refractivity contribution < 1.29 is 4.92 Å². The summed E-state index contributed by atoms with van der Waals surface area (Å²) in [6, 6.07) is 0. The molecule has 0 spiro atoms. The summed E-state index contributed by atoms with van der Waals surface area (Å²) in [5.74, 6) is 2.32. The number of halogens is 1. The van der Waals surface area contributed by atoms with Gasteiger partial charge in [-0.3, -0.25) is 10.1 Å². The van der Waals surface area contributed by atoms with Gasteiger partial charge in [0, 0.05) is 0 Å². The molecule has 0 amide bonds. The van der Waals surface area contributed by atoms with E-state index in [4.69, 9.17) is 18.0 Å². The molecule has 0 radical (unpaired) electrons. The lowest BCUT2D eigenvalue weighted by molar-refractivity contribution is -0.385. The van der Waals surface area contributed by atoms with E-state index >= 15 is 0 Å². The molecule has 1 rings (SSSR count). The van der Waals surface area contributed by atoms with Crippen molar-refractivity contribution in [2.75, 3.05) is 11.9 Å². The molecule has 15 heavy (non-hydrogen) atoms. The quantitative estimate of drug-likeness (QED) is 0.365. The van der Waals surface area contributed by atoms with Crippen LogP contribution in [0.3, 0.4) is 0 Å². The van der Waals surface area contributed by atoms with E-state index < -0.39 is 4.92 Å². The number of rotatable bonds is 3. The molecule has 1 heterocycles. The Balaban J connectivity index is 3.22. The third-order valence-corrected chi connectivity index (χ3v) is 1.74. The number of hydrogen-bond acceptors (Lipinski definition) is 5. The summed E-state index contributed by atoms with van der Waals surface area (Å²) in [7, 11) is 0. The Hall–Kier alpha value is -1.87. The molecule has 0 aliphatic carbocycles. The highest BCUT2D eigenvalue weighted by Crippen LogP contribution is 2.25. The first-order valence-electron chi connectivity index (χ1n) is 3.92. The van der Waals surface area contributed by atoms with Crippen LogP contribution in [0.4, 0.5) is 11.5 Å². The van der Waals surface area contributed by atoms with Gasteiger partial charge in [0.25, 0.3) is 0 Å². The monoisotopic (exact) mass is 226 g/mol. The summed E-state index contributed by atoms with van der Waals surface area (Å²) >= 11 is 5.57. The van der Waals surface area contributed by atoms with Gasteiger partial charge in [-0.1, -0.05) is 5.92 Å². The van der Waals surface area contributed by atoms with Gasteiger partial charge in [-0.2, -0.15) is 4.98 Å². The Labute approximate surface area is 90.8 Å². The molecule has 6 nitrogen and oxygen atoms in total. The molecule has 0 aliphatic heterocycles. The second-order valence-electron chi connectivity index (χ2n) is 2.59. The predicted octanol–water partition coefficient (Wildman–Crippen LogP) is 1.39. The van der Waals surface area contributed by atoms with Gasteiger partial charge in [-0.15, -0.1) is 6.42 Å². The highest BCUT2D eigenvalue weighted by atomic mass is 35.5. The fraction of sp³-hybridized carbons (Fsp3) is 0.250. The van der Waals surface area contributed by atoms with Gasteiger partial charge in [0.05, 0.1) is 11.5 Å². The van der Waals surface area contributed by atoms with Gasteiger partial charge >= 0.3 is 5.69 Å². The number of terminal acetylenes is 1. The van der Waals surface area contributed by atoms with Gasteiger partial charge in [-0.25, -0.2) is 4.98 Å². The Kier molecular flexibility index (Phi) is 3.42. The molecule has 0 saturated carbocycles. The van der Waals surface area contributed by atoms with Crippen molar-refractivity contribution in [2.45, 2.75) is 6.92 Å². The van der Waals surface area contributed by atoms with Crippen LogP contribution in [-0.2, 0) is 0 Å². The van der Waals surface area contributed by atoms with Gasteiger partial charge in [0.2, 0.25) is 11.1 Å². The standard InChI is InChI=1S/C8H7ClN4O2/c1-3-4-10-7-6(13(14)15)5(2)11-8(9)12-7/h1H,4H2,2H3,(H,10,11,12). The molecular weight excluding hydrogens is 220 g/mol. The highest BCUT2D eigenvalue weighted by molar-refractivity contribution is 6.28. The van der Waals surface area contributed by atoms with E-state index in [0.717, 1.165) is 0 Å². The molecule has 1 N–H and O–H groups in total. The number of aromatic nitrogens is 2. The number of nitrogens with one attached hydrogen (secondary N) is 1. The zero-order valence-corrected chi connectivity index (χ0v) is 8.58. The molecule has 1 aromatic rings. The Morgan fingerprint density at radius 3 is 2.87 bits per heavy atom. The molecule has 0 aromatic carbocycles. The van der Waals surface area contributed by atoms with E-state index in [-0.39, 0.29) is 29.0 Å². The molecular formula is C8H7ClN4O2. The van der Waals surface area contributed by atoms with Gasteiger partial charge in [-0.05, 0) is 18.5 Å². The minimum Gasteiger partial charge on any atom is -0.353 e. The Morgan fingerprint density at radius 2 is 2.33 bits per heavy atom. The van der Waals surface area contributed by atoms with Crippen molar-refractivity contribution >= 4 is 23.1 Å². The zero-order valence-electron chi connectivity index (χ0n) is 7.82. The number of hydrogen-bond donors (Lipinski definition) is 1. The minimum absolute atomic E-state index is 0.0375. The summed E-state index contributed by atoms with van der Waals surface area (Å²) in [6.45, 7) is 1.61. The van der Waals surface area contributed by atoms with Crippen molar-refractivity contribution in [1.29, 1.82) is 0 Å². The van der Waals surface area contributed by atoms with Crippen molar-refractivity contribution in [3.63, 3.8) is 0 Å². The topological polar surface area (TPSA) is 81.0 Å². The fourth-order valence-electron chi connectivity index (χ4n) is 1.01. The van der Waals surface area contributed by atoms with Gasteiger partial charge in [0.15, 0.2) is 0 Å². The molecule has 0 bridgehead atoms. The summed E-state index contributed by atoms with van der Waals surface area (Å²) in [5, 5.41) is 13.3. The Morgan fingerprint density at radius 1 is 1.67 bits per heavy atom. The summed E-state index contributed by atoms with van der Waals surface area (Å²) in [5.41, 5.74) is -0.0193. The maximum Gasteiger partial charge on any atom is 0.332 e. The van der Waals surface area contributed by atoms with E-state index in [1.807, 2.05) is 0 Å². The molecule has 0 unspecified atom stereocenters. The van der Waals surface area contributed by atoms with E-state index in [9.17, 15) is 10.1 Å². The molecule has 0 saturated heterocycles. The average molecular weight is 227 g/mol. The molecule has 1 aromatic heterocycles. The molecule has 78 valence electrons. The number of aryl methyl sites for hydroxylation is 1. The van der Waals surface area contributed by atoms with E-state index in [1.54, 1.807) is 0 Å². The van der Waals surface area contributed by atoms with Crippen molar-refractivity contribution in [3.05, 3.63) is 21.1 Å².